The summed E-state index contributed by atoms with van der Waals surface area (Å²) in [7, 11) is -3.36. The second-order valence-corrected chi connectivity index (χ2v) is 19.1. The first-order chi connectivity index (χ1) is 31.7. The van der Waals surface area contributed by atoms with Gasteiger partial charge in [-0.3, -0.25) is 29.0 Å². The summed E-state index contributed by atoms with van der Waals surface area (Å²) in [5.74, 6) is -6.07. The van der Waals surface area contributed by atoms with Crippen molar-refractivity contribution in [1.82, 2.24) is 35.2 Å². The Labute approximate surface area is 385 Å². The van der Waals surface area contributed by atoms with Crippen molar-refractivity contribution in [1.29, 1.82) is 0 Å². The SMILES string of the molecule is C[C@@H]1C[C@H]2C(=O)O[C@@H](C)[C@H](NC(=O)[C@H](Cc3cc(F)cc(F)c3)NC(=O)Nc3ccc4ccn(C)c4c3)C(=O)N3C[C@H](OP(=O)(O)O)C[C@H]3C(=O)N3CCCC[C@H]3COCN[C@@H](C)C(=O)N2C1. The first-order valence-corrected chi connectivity index (χ1v) is 23.8. The number of carbonyl (C=O) groups excluding carboxylic acids is 6. The number of aryl methyl sites for hydroxylation is 1. The van der Waals surface area contributed by atoms with Crippen LogP contribution in [0.1, 0.15) is 58.4 Å². The lowest BCUT2D eigenvalue weighted by Gasteiger charge is -2.39. The standard InChI is InChI=1S/C44H57F2N8O12P/c1-24-13-37-43(59)65-26(3)38(50-39(55)34(16-27-14-29(45)17-30(46)15-27)49-44(60)48-31-9-8-28-10-12-51(4)35(28)18-31)42(58)54-21-33(66-67(61,62)63)19-36(54)41(57)52-11-6-5-7-32(52)22-64-23-47-25(2)40(56)53(37)20-24/h8-10,12,14-15,17-18,24-26,32-34,36-38,47H,5-7,11,13,16,19-23H2,1-4H3,(H,50,55)(H2,48,49,60)(H2,61,62,63)/t24-,25+,26+,32+,33-,34+,36+,37+,38+/m1/s1. The van der Waals surface area contributed by atoms with Gasteiger partial charge in [0.2, 0.25) is 23.6 Å². The lowest BCUT2D eigenvalue weighted by Crippen LogP contribution is -2.62. The summed E-state index contributed by atoms with van der Waals surface area (Å²) in [5, 5.41) is 11.7. The van der Waals surface area contributed by atoms with Crippen molar-refractivity contribution in [3.63, 3.8) is 0 Å². The van der Waals surface area contributed by atoms with Crippen LogP contribution in [0, 0.1) is 17.6 Å². The Bertz CT molecular complexity index is 2400. The van der Waals surface area contributed by atoms with Gasteiger partial charge in [-0.1, -0.05) is 13.0 Å². The third kappa shape index (κ3) is 12.0. The van der Waals surface area contributed by atoms with Gasteiger partial charge in [-0.25, -0.2) is 22.9 Å². The van der Waals surface area contributed by atoms with E-state index in [4.69, 9.17) is 14.0 Å². The fraction of sp³-hybridized carbons (Fsp3) is 0.545. The highest BCUT2D eigenvalue weighted by Crippen LogP contribution is 2.41. The van der Waals surface area contributed by atoms with E-state index in [2.05, 4.69) is 21.3 Å². The van der Waals surface area contributed by atoms with Gasteiger partial charge in [-0.15, -0.1) is 0 Å². The number of aromatic nitrogens is 1. The smallest absolute Gasteiger partial charge is 0.458 e. The molecule has 0 unspecified atom stereocenters. The number of hydrogen-bond donors (Lipinski definition) is 6. The Balaban J connectivity index is 1.24. The molecule has 4 aliphatic rings. The Morgan fingerprint density at radius 3 is 2.39 bits per heavy atom. The lowest BCUT2D eigenvalue weighted by molar-refractivity contribution is -0.163. The molecule has 3 aromatic rings. The Morgan fingerprint density at radius 2 is 1.66 bits per heavy atom. The summed E-state index contributed by atoms with van der Waals surface area (Å²) in [5.41, 5.74) is 1.06. The minimum atomic E-state index is -5.17. The van der Waals surface area contributed by atoms with Gasteiger partial charge in [0.05, 0.1) is 31.5 Å². The van der Waals surface area contributed by atoms with Crippen LogP contribution in [-0.4, -0.2) is 146 Å². The van der Waals surface area contributed by atoms with E-state index in [0.29, 0.717) is 24.6 Å². The summed E-state index contributed by atoms with van der Waals surface area (Å²) >= 11 is 0. The molecule has 6 N–H and O–H groups in total. The van der Waals surface area contributed by atoms with Crippen LogP contribution in [0.2, 0.25) is 0 Å². The van der Waals surface area contributed by atoms with Crippen LogP contribution in [0.25, 0.3) is 10.9 Å². The number of urea groups is 1. The van der Waals surface area contributed by atoms with Crippen molar-refractivity contribution in [2.45, 2.75) is 108 Å². The summed E-state index contributed by atoms with van der Waals surface area (Å²) in [4.78, 5) is 109. The number of piperidine rings is 1. The van der Waals surface area contributed by atoms with E-state index in [0.717, 1.165) is 34.4 Å². The van der Waals surface area contributed by atoms with Gasteiger partial charge in [0.25, 0.3) is 0 Å². The summed E-state index contributed by atoms with van der Waals surface area (Å²) in [6.45, 7) is 4.69. The number of cyclic esters (lactones) is 1. The van der Waals surface area contributed by atoms with Crippen LogP contribution >= 0.6 is 7.82 Å². The molecule has 7 rings (SSSR count). The molecule has 364 valence electrons. The van der Waals surface area contributed by atoms with Gasteiger partial charge in [0.1, 0.15) is 41.9 Å². The number of amides is 6. The first-order valence-electron chi connectivity index (χ1n) is 22.3. The minimum Gasteiger partial charge on any atom is -0.458 e. The number of carbonyl (C=O) groups is 6. The molecule has 6 amide bonds. The molecular weight excluding hydrogens is 901 g/mol. The van der Waals surface area contributed by atoms with Crippen molar-refractivity contribution in [3.8, 4) is 0 Å². The maximum Gasteiger partial charge on any atom is 0.469 e. The number of anilines is 1. The number of phosphoric acid groups is 1. The molecular formula is C44H57F2N8O12P. The zero-order chi connectivity index (χ0) is 48.3. The average Bonchev–Trinajstić information content (AvgIpc) is 3.98. The fourth-order valence-corrected chi connectivity index (χ4v) is 9.95. The summed E-state index contributed by atoms with van der Waals surface area (Å²) in [6.07, 6.45) is 0.138. The van der Waals surface area contributed by atoms with Crippen LogP contribution in [-0.2, 0) is 56.0 Å². The molecule has 4 saturated heterocycles. The van der Waals surface area contributed by atoms with Gasteiger partial charge in [-0.05, 0) is 86.7 Å². The number of halogens is 2. The number of fused-ring (bicyclic) bond motifs is 4. The molecule has 4 fully saturated rings. The summed E-state index contributed by atoms with van der Waals surface area (Å²) in [6, 6.07) is 1.32. The number of phosphoric ester groups is 1. The summed E-state index contributed by atoms with van der Waals surface area (Å²) < 4.78 is 59.9. The van der Waals surface area contributed by atoms with Crippen molar-refractivity contribution in [2.75, 3.05) is 38.3 Å². The van der Waals surface area contributed by atoms with E-state index >= 15 is 4.79 Å². The third-order valence-corrected chi connectivity index (χ3v) is 13.3. The number of hydrogen-bond acceptors (Lipinski definition) is 11. The quantitative estimate of drug-likeness (QED) is 0.140. The van der Waals surface area contributed by atoms with Gasteiger partial charge >= 0.3 is 19.8 Å². The maximum absolute atomic E-state index is 15.1. The maximum atomic E-state index is 15.1. The molecule has 20 nitrogen and oxygen atoms in total. The van der Waals surface area contributed by atoms with Crippen LogP contribution < -0.4 is 21.3 Å². The Hall–Kier alpha value is -5.51. The number of rotatable bonds is 8. The molecule has 9 atom stereocenters. The normalized spacial score (nSPS) is 27.4. The minimum absolute atomic E-state index is 0.0477. The van der Waals surface area contributed by atoms with Crippen molar-refractivity contribution in [3.05, 3.63) is 65.9 Å². The molecule has 5 heterocycles. The second-order valence-electron chi connectivity index (χ2n) is 17.9. The number of nitrogens with zero attached hydrogens (tertiary/aromatic N) is 4. The van der Waals surface area contributed by atoms with Crippen molar-refractivity contribution >= 4 is 60.0 Å². The molecule has 0 saturated carbocycles. The predicted octanol–water partition coefficient (Wildman–Crippen LogP) is 2.27. The highest BCUT2D eigenvalue weighted by Gasteiger charge is 2.49. The predicted molar refractivity (Wildman–Crippen MR) is 235 cm³/mol. The van der Waals surface area contributed by atoms with Crippen molar-refractivity contribution < 1.29 is 65.9 Å². The highest BCUT2D eigenvalue weighted by molar-refractivity contribution is 7.46. The van der Waals surface area contributed by atoms with Gasteiger partial charge in [0, 0.05) is 63.0 Å². The number of nitrogens with one attached hydrogen (secondary N) is 4. The van der Waals surface area contributed by atoms with Crippen molar-refractivity contribution in [2.24, 2.45) is 13.0 Å². The largest absolute Gasteiger partial charge is 0.469 e. The molecule has 1 aromatic heterocycles. The van der Waals surface area contributed by atoms with Crippen LogP contribution in [0.5, 0.6) is 0 Å². The monoisotopic (exact) mass is 958 g/mol. The third-order valence-electron chi connectivity index (χ3n) is 12.7. The molecule has 0 bridgehead atoms. The molecule has 0 radical (unpaired) electrons. The molecule has 2 aromatic carbocycles. The van der Waals surface area contributed by atoms with Gasteiger partial charge < -0.3 is 54.5 Å². The fourth-order valence-electron chi connectivity index (χ4n) is 9.41. The highest BCUT2D eigenvalue weighted by atomic mass is 31.2. The molecule has 23 heteroatoms. The number of ether oxygens (including phenoxy) is 2. The molecule has 4 aliphatic heterocycles. The lowest BCUT2D eigenvalue weighted by atomic mass is 10.0. The van der Waals surface area contributed by atoms with Crippen LogP contribution in [0.4, 0.5) is 19.3 Å². The van der Waals surface area contributed by atoms with E-state index < -0.39 is 117 Å². The molecule has 67 heavy (non-hydrogen) atoms. The van der Waals surface area contributed by atoms with E-state index in [-0.39, 0.29) is 50.8 Å². The van der Waals surface area contributed by atoms with E-state index in [9.17, 15) is 47.1 Å². The Kier molecular flexibility index (Phi) is 15.3. The average molecular weight is 959 g/mol. The van der Waals surface area contributed by atoms with Gasteiger partial charge in [-0.2, -0.15) is 0 Å². The van der Waals surface area contributed by atoms with E-state index in [1.54, 1.807) is 25.1 Å². The van der Waals surface area contributed by atoms with E-state index in [1.807, 2.05) is 30.8 Å². The molecule has 0 spiro atoms. The van der Waals surface area contributed by atoms with Gasteiger partial charge in [0.15, 0.2) is 0 Å². The first kappa shape index (κ1) is 49.4. The zero-order valence-electron chi connectivity index (χ0n) is 37.6. The number of esters is 1. The zero-order valence-corrected chi connectivity index (χ0v) is 38.5. The van der Waals surface area contributed by atoms with E-state index in [1.165, 1.54) is 16.7 Å². The second kappa shape index (κ2) is 20.8. The number of benzene rings is 2. The van der Waals surface area contributed by atoms with Crippen LogP contribution in [0.15, 0.2) is 48.7 Å². The topological polar surface area (TPSA) is 250 Å². The molecule has 0 aliphatic carbocycles. The Morgan fingerprint density at radius 1 is 0.925 bits per heavy atom. The van der Waals surface area contributed by atoms with Crippen LogP contribution in [0.3, 0.4) is 0 Å².